The fourth-order valence-electron chi connectivity index (χ4n) is 5.30. The van der Waals surface area contributed by atoms with Crippen molar-refractivity contribution in [2.24, 2.45) is 5.92 Å². The van der Waals surface area contributed by atoms with Crippen molar-refractivity contribution >= 4 is 11.8 Å². The first-order valence-corrected chi connectivity index (χ1v) is 10.3. The average Bonchev–Trinajstić information content (AvgIpc) is 2.66. The Bertz CT molecular complexity index is 907. The average molecular weight is 391 g/mol. The van der Waals surface area contributed by atoms with Crippen LogP contribution in [0.2, 0.25) is 0 Å². The number of likely N-dealkylation sites (tertiary alicyclic amines) is 2. The highest BCUT2D eigenvalue weighted by Gasteiger charge is 2.68. The summed E-state index contributed by atoms with van der Waals surface area (Å²) in [7, 11) is 0. The number of carbonyl (C=O) groups excluding carboxylic acids is 2. The minimum atomic E-state index is -0.417. The van der Waals surface area contributed by atoms with Crippen LogP contribution in [0, 0.1) is 5.92 Å². The first-order valence-electron chi connectivity index (χ1n) is 10.3. The zero-order chi connectivity index (χ0) is 20.0. The molecule has 2 amide bonds. The number of hydrogen-bond acceptors (Lipinski definition) is 4. The van der Waals surface area contributed by atoms with Gasteiger partial charge in [0.25, 0.3) is 5.91 Å². The molecule has 1 aromatic heterocycles. The SMILES string of the molecule is O=C(c1cccnc1)N1CC2(C1)[C@H](c1ccccc1)[C@H](CO)N2C(=O)C1CCC1. The van der Waals surface area contributed by atoms with Gasteiger partial charge in [-0.15, -0.1) is 0 Å². The summed E-state index contributed by atoms with van der Waals surface area (Å²) in [6, 6.07) is 13.4. The largest absolute Gasteiger partial charge is 0.394 e. The number of aliphatic hydroxyl groups is 1. The van der Waals surface area contributed by atoms with E-state index in [-0.39, 0.29) is 36.3 Å². The van der Waals surface area contributed by atoms with Crippen LogP contribution in [0.1, 0.15) is 41.1 Å². The lowest BCUT2D eigenvalue weighted by Gasteiger charge is -2.71. The molecule has 0 bridgehead atoms. The molecule has 2 saturated heterocycles. The van der Waals surface area contributed by atoms with Gasteiger partial charge in [0.15, 0.2) is 0 Å². The van der Waals surface area contributed by atoms with Crippen molar-refractivity contribution < 1.29 is 14.7 Å². The van der Waals surface area contributed by atoms with Crippen LogP contribution in [-0.2, 0) is 4.79 Å². The van der Waals surface area contributed by atoms with E-state index in [2.05, 4.69) is 17.1 Å². The number of benzene rings is 1. The van der Waals surface area contributed by atoms with E-state index < -0.39 is 5.54 Å². The molecule has 6 nitrogen and oxygen atoms in total. The van der Waals surface area contributed by atoms with Crippen LogP contribution in [0.4, 0.5) is 0 Å². The molecule has 5 rings (SSSR count). The lowest BCUT2D eigenvalue weighted by molar-refractivity contribution is -0.199. The molecule has 0 radical (unpaired) electrons. The molecule has 1 spiro atoms. The van der Waals surface area contributed by atoms with Crippen LogP contribution in [0.15, 0.2) is 54.9 Å². The molecule has 1 N–H and O–H groups in total. The van der Waals surface area contributed by atoms with E-state index in [1.165, 1.54) is 0 Å². The van der Waals surface area contributed by atoms with Gasteiger partial charge in [0, 0.05) is 37.3 Å². The molecular weight excluding hydrogens is 366 g/mol. The summed E-state index contributed by atoms with van der Waals surface area (Å²) < 4.78 is 0. The molecule has 2 aromatic rings. The first kappa shape index (κ1) is 18.3. The van der Waals surface area contributed by atoms with Crippen LogP contribution < -0.4 is 0 Å². The predicted octanol–water partition coefficient (Wildman–Crippen LogP) is 2.06. The first-order chi connectivity index (χ1) is 14.2. The molecule has 1 aromatic carbocycles. The summed E-state index contributed by atoms with van der Waals surface area (Å²) in [6.07, 6.45) is 6.18. The molecule has 3 fully saturated rings. The minimum absolute atomic E-state index is 0.0377. The van der Waals surface area contributed by atoms with Gasteiger partial charge >= 0.3 is 0 Å². The molecule has 3 aliphatic rings. The minimum Gasteiger partial charge on any atom is -0.394 e. The normalized spacial score (nSPS) is 25.1. The number of carbonyl (C=O) groups is 2. The van der Waals surface area contributed by atoms with Gasteiger partial charge in [-0.05, 0) is 30.5 Å². The Morgan fingerprint density at radius 3 is 2.45 bits per heavy atom. The van der Waals surface area contributed by atoms with Gasteiger partial charge in [-0.25, -0.2) is 0 Å². The summed E-state index contributed by atoms with van der Waals surface area (Å²) >= 11 is 0. The van der Waals surface area contributed by atoms with Gasteiger partial charge in [0.1, 0.15) is 0 Å². The van der Waals surface area contributed by atoms with Crippen molar-refractivity contribution in [3.05, 3.63) is 66.0 Å². The topological polar surface area (TPSA) is 73.7 Å². The lowest BCUT2D eigenvalue weighted by atomic mass is 9.59. The van der Waals surface area contributed by atoms with E-state index in [1.54, 1.807) is 29.4 Å². The Kier molecular flexibility index (Phi) is 4.39. The fraction of sp³-hybridized carbons (Fsp3) is 0.435. The molecule has 2 aliphatic heterocycles. The summed E-state index contributed by atoms with van der Waals surface area (Å²) in [5, 5.41) is 10.1. The molecule has 3 heterocycles. The Hall–Kier alpha value is -2.73. The highest BCUT2D eigenvalue weighted by molar-refractivity contribution is 5.95. The fourth-order valence-corrected chi connectivity index (χ4v) is 5.30. The molecule has 0 unspecified atom stereocenters. The van der Waals surface area contributed by atoms with Gasteiger partial charge in [-0.3, -0.25) is 14.6 Å². The number of amides is 2. The molecule has 150 valence electrons. The van der Waals surface area contributed by atoms with E-state index in [9.17, 15) is 14.7 Å². The maximum atomic E-state index is 13.2. The Morgan fingerprint density at radius 1 is 1.10 bits per heavy atom. The maximum absolute atomic E-state index is 13.2. The zero-order valence-electron chi connectivity index (χ0n) is 16.3. The summed E-state index contributed by atoms with van der Waals surface area (Å²) in [5.41, 5.74) is 1.27. The van der Waals surface area contributed by atoms with Crippen LogP contribution >= 0.6 is 0 Å². The number of pyridine rings is 1. The summed E-state index contributed by atoms with van der Waals surface area (Å²) in [5.74, 6) is 0.200. The monoisotopic (exact) mass is 391 g/mol. The van der Waals surface area contributed by atoms with E-state index in [1.807, 2.05) is 23.1 Å². The molecule has 6 heteroatoms. The Morgan fingerprint density at radius 2 is 1.86 bits per heavy atom. The van der Waals surface area contributed by atoms with E-state index in [4.69, 9.17) is 0 Å². The number of aliphatic hydroxyl groups excluding tert-OH is 1. The smallest absolute Gasteiger partial charge is 0.255 e. The highest BCUT2D eigenvalue weighted by Crippen LogP contribution is 2.55. The van der Waals surface area contributed by atoms with Crippen molar-refractivity contribution in [3.8, 4) is 0 Å². The van der Waals surface area contributed by atoms with Crippen molar-refractivity contribution in [3.63, 3.8) is 0 Å². The quantitative estimate of drug-likeness (QED) is 0.866. The number of aromatic nitrogens is 1. The maximum Gasteiger partial charge on any atom is 0.255 e. The van der Waals surface area contributed by atoms with Crippen molar-refractivity contribution in [2.75, 3.05) is 19.7 Å². The second-order valence-electron chi connectivity index (χ2n) is 8.48. The van der Waals surface area contributed by atoms with E-state index in [0.717, 1.165) is 24.8 Å². The zero-order valence-corrected chi connectivity index (χ0v) is 16.3. The number of rotatable bonds is 4. The van der Waals surface area contributed by atoms with E-state index in [0.29, 0.717) is 18.7 Å². The predicted molar refractivity (Wildman–Crippen MR) is 107 cm³/mol. The molecular formula is C23H25N3O3. The molecule has 29 heavy (non-hydrogen) atoms. The molecule has 2 atom stereocenters. The van der Waals surface area contributed by atoms with Gasteiger partial charge in [-0.2, -0.15) is 0 Å². The second-order valence-corrected chi connectivity index (χ2v) is 8.48. The highest BCUT2D eigenvalue weighted by atomic mass is 16.3. The van der Waals surface area contributed by atoms with Crippen molar-refractivity contribution in [1.82, 2.24) is 14.8 Å². The van der Waals surface area contributed by atoms with Gasteiger partial charge in [-0.1, -0.05) is 36.8 Å². The van der Waals surface area contributed by atoms with Crippen LogP contribution in [-0.4, -0.2) is 63.0 Å². The number of nitrogens with zero attached hydrogens (tertiary/aromatic N) is 3. The third kappa shape index (κ3) is 2.69. The Balaban J connectivity index is 1.44. The third-order valence-corrected chi connectivity index (χ3v) is 6.94. The number of hydrogen-bond donors (Lipinski definition) is 1. The molecule has 1 aliphatic carbocycles. The summed E-state index contributed by atoms with van der Waals surface area (Å²) in [4.78, 5) is 33.8. The van der Waals surface area contributed by atoms with Crippen LogP contribution in [0.3, 0.4) is 0 Å². The van der Waals surface area contributed by atoms with Gasteiger partial charge < -0.3 is 14.9 Å². The third-order valence-electron chi connectivity index (χ3n) is 6.94. The van der Waals surface area contributed by atoms with E-state index >= 15 is 0 Å². The standard InChI is InChI=1S/C23H25N3O3/c27-13-19-20(16-6-2-1-3-7-16)23(26(19)22(29)17-8-4-9-17)14-25(15-23)21(28)18-10-5-11-24-12-18/h1-3,5-7,10-12,17,19-20,27H,4,8-9,13-15H2/t19-,20+/m0/s1. The van der Waals surface area contributed by atoms with Crippen LogP contribution in [0.25, 0.3) is 0 Å². The summed E-state index contributed by atoms with van der Waals surface area (Å²) in [6.45, 7) is 0.931. The van der Waals surface area contributed by atoms with Gasteiger partial charge in [0.05, 0.1) is 23.8 Å². The second kappa shape index (κ2) is 6.95. The lowest BCUT2D eigenvalue weighted by Crippen LogP contribution is -2.86. The Labute approximate surface area is 170 Å². The molecule has 1 saturated carbocycles. The van der Waals surface area contributed by atoms with Crippen molar-refractivity contribution in [1.29, 1.82) is 0 Å². The van der Waals surface area contributed by atoms with Crippen molar-refractivity contribution in [2.45, 2.75) is 36.8 Å². The van der Waals surface area contributed by atoms with Gasteiger partial charge in [0.2, 0.25) is 5.91 Å². The van der Waals surface area contributed by atoms with Crippen LogP contribution in [0.5, 0.6) is 0 Å².